The van der Waals surface area contributed by atoms with Gasteiger partial charge >= 0.3 is 0 Å². The van der Waals surface area contributed by atoms with E-state index in [1.165, 1.54) is 23.5 Å². The number of aryl methyl sites for hydroxylation is 1. The van der Waals surface area contributed by atoms with Gasteiger partial charge in [-0.05, 0) is 44.0 Å². The molecular formula is C16H18FN3OS. The number of anilines is 1. The molecular weight excluding hydrogens is 301 g/mol. The fraction of sp³-hybridized carbons (Fsp3) is 0.375. The number of carbonyl (C=O) groups excluding carboxylic acids is 1. The van der Waals surface area contributed by atoms with E-state index in [4.69, 9.17) is 0 Å². The van der Waals surface area contributed by atoms with E-state index in [0.717, 1.165) is 35.5 Å². The van der Waals surface area contributed by atoms with Gasteiger partial charge in [-0.1, -0.05) is 12.1 Å². The molecule has 0 radical (unpaired) electrons. The summed E-state index contributed by atoms with van der Waals surface area (Å²) in [5.41, 5.74) is 1.78. The molecule has 2 N–H and O–H groups in total. The summed E-state index contributed by atoms with van der Waals surface area (Å²) in [4.78, 5) is 17.5. The molecule has 1 unspecified atom stereocenters. The van der Waals surface area contributed by atoms with Crippen molar-refractivity contribution in [2.24, 2.45) is 0 Å². The molecule has 6 heteroatoms. The third-order valence-electron chi connectivity index (χ3n) is 3.75. The van der Waals surface area contributed by atoms with E-state index >= 15 is 0 Å². The highest BCUT2D eigenvalue weighted by Gasteiger charge is 2.23. The van der Waals surface area contributed by atoms with Crippen LogP contribution in [0.3, 0.4) is 0 Å². The van der Waals surface area contributed by atoms with E-state index in [1.54, 1.807) is 6.07 Å². The maximum Gasteiger partial charge on any atom is 0.243 e. The second-order valence-electron chi connectivity index (χ2n) is 5.47. The van der Waals surface area contributed by atoms with Gasteiger partial charge in [-0.25, -0.2) is 9.37 Å². The summed E-state index contributed by atoms with van der Waals surface area (Å²) in [5.74, 6) is -0.260. The van der Waals surface area contributed by atoms with Crippen molar-refractivity contribution in [3.05, 3.63) is 46.2 Å². The highest BCUT2D eigenvalue weighted by atomic mass is 32.1. The Hall–Kier alpha value is -1.79. The molecule has 4 nitrogen and oxygen atoms in total. The lowest BCUT2D eigenvalue weighted by Gasteiger charge is -2.08. The van der Waals surface area contributed by atoms with E-state index in [9.17, 15) is 9.18 Å². The summed E-state index contributed by atoms with van der Waals surface area (Å²) in [6.07, 6.45) is 2.52. The van der Waals surface area contributed by atoms with Crippen molar-refractivity contribution in [1.29, 1.82) is 0 Å². The monoisotopic (exact) mass is 319 g/mol. The topological polar surface area (TPSA) is 54.0 Å². The van der Waals surface area contributed by atoms with Gasteiger partial charge in [0.05, 0.1) is 11.7 Å². The maximum absolute atomic E-state index is 13.2. The number of amides is 1. The Morgan fingerprint density at radius 1 is 1.55 bits per heavy atom. The van der Waals surface area contributed by atoms with Gasteiger partial charge in [0.1, 0.15) is 5.82 Å². The van der Waals surface area contributed by atoms with Crippen LogP contribution in [0.5, 0.6) is 0 Å². The van der Waals surface area contributed by atoms with Crippen molar-refractivity contribution in [2.45, 2.75) is 32.2 Å². The fourth-order valence-electron chi connectivity index (χ4n) is 2.58. The molecule has 116 valence electrons. The SMILES string of the molecule is Cc1nc(NC(=O)C2CCCN2)sc1Cc1cccc(F)c1. The van der Waals surface area contributed by atoms with Crippen LogP contribution in [0.1, 0.15) is 29.0 Å². The molecule has 1 saturated heterocycles. The lowest BCUT2D eigenvalue weighted by atomic mass is 10.1. The Bertz CT molecular complexity index is 680. The van der Waals surface area contributed by atoms with E-state index in [-0.39, 0.29) is 17.8 Å². The molecule has 1 atom stereocenters. The summed E-state index contributed by atoms with van der Waals surface area (Å²) in [6.45, 7) is 2.80. The third kappa shape index (κ3) is 3.51. The number of benzene rings is 1. The van der Waals surface area contributed by atoms with Gasteiger partial charge in [0, 0.05) is 11.3 Å². The van der Waals surface area contributed by atoms with Crippen molar-refractivity contribution in [3.8, 4) is 0 Å². The fourth-order valence-corrected chi connectivity index (χ4v) is 3.58. The number of hydrogen-bond acceptors (Lipinski definition) is 4. The van der Waals surface area contributed by atoms with Gasteiger partial charge in [0.15, 0.2) is 5.13 Å². The Kier molecular flexibility index (Phi) is 4.49. The van der Waals surface area contributed by atoms with Gasteiger partial charge in [-0.15, -0.1) is 11.3 Å². The molecule has 0 spiro atoms. The minimum absolute atomic E-state index is 0.0245. The van der Waals surface area contributed by atoms with Crippen molar-refractivity contribution in [1.82, 2.24) is 10.3 Å². The van der Waals surface area contributed by atoms with E-state index in [2.05, 4.69) is 15.6 Å². The molecule has 1 aromatic carbocycles. The minimum atomic E-state index is -0.236. The molecule has 0 bridgehead atoms. The Balaban J connectivity index is 1.69. The second kappa shape index (κ2) is 6.54. The van der Waals surface area contributed by atoms with Crippen LogP contribution in [0, 0.1) is 12.7 Å². The van der Waals surface area contributed by atoms with Crippen LogP contribution in [0.15, 0.2) is 24.3 Å². The predicted octanol–water partition coefficient (Wildman–Crippen LogP) is 2.87. The number of aromatic nitrogens is 1. The lowest BCUT2D eigenvalue weighted by molar-refractivity contribution is -0.117. The number of rotatable bonds is 4. The van der Waals surface area contributed by atoms with Crippen molar-refractivity contribution < 1.29 is 9.18 Å². The first-order valence-electron chi connectivity index (χ1n) is 7.37. The first-order valence-corrected chi connectivity index (χ1v) is 8.18. The minimum Gasteiger partial charge on any atom is -0.306 e. The van der Waals surface area contributed by atoms with Gasteiger partial charge in [-0.2, -0.15) is 0 Å². The Morgan fingerprint density at radius 3 is 3.14 bits per heavy atom. The van der Waals surface area contributed by atoms with Gasteiger partial charge in [-0.3, -0.25) is 4.79 Å². The van der Waals surface area contributed by atoms with Crippen LogP contribution < -0.4 is 10.6 Å². The normalized spacial score (nSPS) is 17.6. The summed E-state index contributed by atoms with van der Waals surface area (Å²) in [5, 5.41) is 6.65. The predicted molar refractivity (Wildman–Crippen MR) is 85.7 cm³/mol. The molecule has 0 aliphatic carbocycles. The van der Waals surface area contributed by atoms with Crippen molar-refractivity contribution in [3.63, 3.8) is 0 Å². The first kappa shape index (κ1) is 15.1. The van der Waals surface area contributed by atoms with E-state index < -0.39 is 0 Å². The third-order valence-corrected chi connectivity index (χ3v) is 4.83. The van der Waals surface area contributed by atoms with Crippen molar-refractivity contribution in [2.75, 3.05) is 11.9 Å². The smallest absolute Gasteiger partial charge is 0.243 e. The summed E-state index contributed by atoms with van der Waals surface area (Å²) in [6, 6.07) is 6.44. The first-order chi connectivity index (χ1) is 10.6. The number of hydrogen-bond donors (Lipinski definition) is 2. The molecule has 3 rings (SSSR count). The molecule has 2 aromatic rings. The van der Waals surface area contributed by atoms with Crippen LogP contribution in [-0.4, -0.2) is 23.5 Å². The lowest BCUT2D eigenvalue weighted by Crippen LogP contribution is -2.35. The highest BCUT2D eigenvalue weighted by molar-refractivity contribution is 7.15. The molecule has 1 aromatic heterocycles. The zero-order chi connectivity index (χ0) is 15.5. The molecule has 2 heterocycles. The second-order valence-corrected chi connectivity index (χ2v) is 6.56. The summed E-state index contributed by atoms with van der Waals surface area (Å²) < 4.78 is 13.2. The number of nitrogens with one attached hydrogen (secondary N) is 2. The van der Waals surface area contributed by atoms with Crippen LogP contribution in [0.2, 0.25) is 0 Å². The standard InChI is InChI=1S/C16H18FN3OS/c1-10-14(9-11-4-2-5-12(17)8-11)22-16(19-10)20-15(21)13-6-3-7-18-13/h2,4-5,8,13,18H,3,6-7,9H2,1H3,(H,19,20,21). The number of nitrogens with zero attached hydrogens (tertiary/aromatic N) is 1. The van der Waals surface area contributed by atoms with Crippen LogP contribution in [0.25, 0.3) is 0 Å². The van der Waals surface area contributed by atoms with Crippen LogP contribution >= 0.6 is 11.3 Å². The maximum atomic E-state index is 13.2. The molecule has 1 aliphatic rings. The Labute approximate surface area is 132 Å². The molecule has 1 amide bonds. The van der Waals surface area contributed by atoms with Crippen LogP contribution in [0.4, 0.5) is 9.52 Å². The zero-order valence-electron chi connectivity index (χ0n) is 12.4. The van der Waals surface area contributed by atoms with Gasteiger partial charge < -0.3 is 10.6 Å². The Morgan fingerprint density at radius 2 is 2.41 bits per heavy atom. The van der Waals surface area contributed by atoms with Gasteiger partial charge in [0.2, 0.25) is 5.91 Å². The van der Waals surface area contributed by atoms with E-state index in [0.29, 0.717) is 11.6 Å². The van der Waals surface area contributed by atoms with E-state index in [1.807, 2.05) is 13.0 Å². The number of thiazole rings is 1. The average molecular weight is 319 g/mol. The van der Waals surface area contributed by atoms with Crippen molar-refractivity contribution >= 4 is 22.4 Å². The molecule has 22 heavy (non-hydrogen) atoms. The number of halogens is 1. The zero-order valence-corrected chi connectivity index (χ0v) is 13.2. The molecule has 1 fully saturated rings. The summed E-state index contributed by atoms with van der Waals surface area (Å²) >= 11 is 1.45. The number of carbonyl (C=O) groups is 1. The average Bonchev–Trinajstić information content (AvgIpc) is 3.10. The van der Waals surface area contributed by atoms with Gasteiger partial charge in [0.25, 0.3) is 0 Å². The highest BCUT2D eigenvalue weighted by Crippen LogP contribution is 2.25. The largest absolute Gasteiger partial charge is 0.306 e. The summed E-state index contributed by atoms with van der Waals surface area (Å²) in [7, 11) is 0. The van der Waals surface area contributed by atoms with Crippen LogP contribution in [-0.2, 0) is 11.2 Å². The molecule has 0 saturated carbocycles. The molecule has 1 aliphatic heterocycles. The quantitative estimate of drug-likeness (QED) is 0.911.